The van der Waals surface area contributed by atoms with Crippen LogP contribution in [0.25, 0.3) is 0 Å². The Labute approximate surface area is 149 Å². The van der Waals surface area contributed by atoms with Gasteiger partial charge in [0, 0.05) is 13.1 Å². The van der Waals surface area contributed by atoms with Gasteiger partial charge in [0.25, 0.3) is 0 Å². The average Bonchev–Trinajstić information content (AvgIpc) is 3.12. The smallest absolute Gasteiger partial charge is 0.416 e. The Bertz CT molecular complexity index is 644. The molecule has 2 N–H and O–H groups in total. The molecule has 1 aromatic rings. The van der Waals surface area contributed by atoms with Gasteiger partial charge in [-0.05, 0) is 37.5 Å². The number of urea groups is 1. The standard InChI is InChI=1S/C17H22F3N3O3/c1-2-9-26-14-6-5-12(17(18,19)20)10-13(14)22-16(25)21-11-15(24)23-7-3-4-8-23/h5-6,10H,2-4,7-9,11H2,1H3,(H2,21,22,25). The number of hydrogen-bond donors (Lipinski definition) is 2. The highest BCUT2D eigenvalue weighted by Gasteiger charge is 2.31. The molecule has 6 nitrogen and oxygen atoms in total. The van der Waals surface area contributed by atoms with Crippen molar-refractivity contribution in [1.82, 2.24) is 10.2 Å². The second kappa shape index (κ2) is 8.77. The predicted octanol–water partition coefficient (Wildman–Crippen LogP) is 3.24. The van der Waals surface area contributed by atoms with Gasteiger partial charge in [0.1, 0.15) is 5.75 Å². The molecule has 0 aromatic heterocycles. The zero-order valence-electron chi connectivity index (χ0n) is 14.5. The topological polar surface area (TPSA) is 70.7 Å². The second-order valence-electron chi connectivity index (χ2n) is 5.95. The molecule has 9 heteroatoms. The molecule has 0 saturated carbocycles. The summed E-state index contributed by atoms with van der Waals surface area (Å²) in [6.45, 7) is 3.26. The largest absolute Gasteiger partial charge is 0.491 e. The Morgan fingerprint density at radius 2 is 1.92 bits per heavy atom. The number of rotatable bonds is 6. The number of alkyl halides is 3. The molecule has 0 radical (unpaired) electrons. The van der Waals surface area contributed by atoms with E-state index in [1.54, 1.807) is 4.90 Å². The maximum atomic E-state index is 12.9. The fraction of sp³-hybridized carbons (Fsp3) is 0.529. The Morgan fingerprint density at radius 3 is 2.54 bits per heavy atom. The summed E-state index contributed by atoms with van der Waals surface area (Å²) in [4.78, 5) is 25.5. The van der Waals surface area contributed by atoms with Crippen molar-refractivity contribution in [2.45, 2.75) is 32.4 Å². The molecular formula is C17H22F3N3O3. The predicted molar refractivity (Wildman–Crippen MR) is 90.1 cm³/mol. The van der Waals surface area contributed by atoms with E-state index in [1.165, 1.54) is 6.07 Å². The maximum absolute atomic E-state index is 12.9. The molecule has 0 atom stereocenters. The summed E-state index contributed by atoms with van der Waals surface area (Å²) in [5.74, 6) is -0.0787. The lowest BCUT2D eigenvalue weighted by molar-refractivity contribution is -0.137. The van der Waals surface area contributed by atoms with E-state index in [9.17, 15) is 22.8 Å². The number of benzene rings is 1. The van der Waals surface area contributed by atoms with E-state index < -0.39 is 17.8 Å². The summed E-state index contributed by atoms with van der Waals surface area (Å²) < 4.78 is 44.1. The molecule has 1 saturated heterocycles. The monoisotopic (exact) mass is 373 g/mol. The van der Waals surface area contributed by atoms with Gasteiger partial charge in [-0.15, -0.1) is 0 Å². The van der Waals surface area contributed by atoms with E-state index in [-0.39, 0.29) is 23.9 Å². The van der Waals surface area contributed by atoms with Gasteiger partial charge < -0.3 is 20.3 Å². The Morgan fingerprint density at radius 1 is 1.23 bits per heavy atom. The molecule has 144 valence electrons. The number of halogens is 3. The fourth-order valence-electron chi connectivity index (χ4n) is 2.54. The normalized spacial score (nSPS) is 14.2. The molecule has 1 aromatic carbocycles. The molecule has 0 bridgehead atoms. The van der Waals surface area contributed by atoms with Crippen LogP contribution in [0.5, 0.6) is 5.75 Å². The second-order valence-corrected chi connectivity index (χ2v) is 5.95. The number of nitrogens with zero attached hydrogens (tertiary/aromatic N) is 1. The van der Waals surface area contributed by atoms with Crippen LogP contribution in [-0.4, -0.2) is 43.1 Å². The summed E-state index contributed by atoms with van der Waals surface area (Å²) in [6.07, 6.45) is -2.01. The van der Waals surface area contributed by atoms with E-state index in [0.717, 1.165) is 25.0 Å². The summed E-state index contributed by atoms with van der Waals surface area (Å²) >= 11 is 0. The number of carbonyl (C=O) groups excluding carboxylic acids is 2. The third kappa shape index (κ3) is 5.53. The molecule has 26 heavy (non-hydrogen) atoms. The number of likely N-dealkylation sites (tertiary alicyclic amines) is 1. The molecule has 1 heterocycles. The first kappa shape index (κ1) is 19.9. The van der Waals surface area contributed by atoms with E-state index >= 15 is 0 Å². The lowest BCUT2D eigenvalue weighted by Crippen LogP contribution is -2.40. The van der Waals surface area contributed by atoms with Crippen LogP contribution in [0.2, 0.25) is 0 Å². The summed E-state index contributed by atoms with van der Waals surface area (Å²) in [6, 6.07) is 2.11. The number of ether oxygens (including phenoxy) is 1. The molecule has 0 aliphatic carbocycles. The molecule has 2 rings (SSSR count). The van der Waals surface area contributed by atoms with Crippen LogP contribution in [0.3, 0.4) is 0 Å². The Kier molecular flexibility index (Phi) is 6.70. The zero-order valence-corrected chi connectivity index (χ0v) is 14.5. The summed E-state index contributed by atoms with van der Waals surface area (Å²) in [7, 11) is 0. The number of hydrogen-bond acceptors (Lipinski definition) is 3. The van der Waals surface area contributed by atoms with Crippen LogP contribution in [0.15, 0.2) is 18.2 Å². The van der Waals surface area contributed by atoms with E-state index in [1.807, 2.05) is 6.92 Å². The number of carbonyl (C=O) groups is 2. The van der Waals surface area contributed by atoms with Crippen LogP contribution in [0.4, 0.5) is 23.7 Å². The van der Waals surface area contributed by atoms with Crippen LogP contribution >= 0.6 is 0 Å². The number of anilines is 1. The van der Waals surface area contributed by atoms with Crippen LogP contribution in [-0.2, 0) is 11.0 Å². The molecule has 1 aliphatic heterocycles. The van der Waals surface area contributed by atoms with Gasteiger partial charge in [0.15, 0.2) is 0 Å². The van der Waals surface area contributed by atoms with Crippen LogP contribution < -0.4 is 15.4 Å². The van der Waals surface area contributed by atoms with Gasteiger partial charge in [-0.1, -0.05) is 6.92 Å². The zero-order chi connectivity index (χ0) is 19.2. The molecule has 1 fully saturated rings. The molecule has 0 unspecified atom stereocenters. The van der Waals surface area contributed by atoms with Crippen molar-refractivity contribution in [2.75, 3.05) is 31.6 Å². The van der Waals surface area contributed by atoms with Gasteiger partial charge in [0.2, 0.25) is 5.91 Å². The van der Waals surface area contributed by atoms with Gasteiger partial charge in [0.05, 0.1) is 24.4 Å². The van der Waals surface area contributed by atoms with Crippen molar-refractivity contribution < 1.29 is 27.5 Å². The van der Waals surface area contributed by atoms with E-state index in [0.29, 0.717) is 26.1 Å². The van der Waals surface area contributed by atoms with Crippen molar-refractivity contribution in [3.05, 3.63) is 23.8 Å². The Hall–Kier alpha value is -2.45. The van der Waals surface area contributed by atoms with Crippen LogP contribution in [0.1, 0.15) is 31.7 Å². The minimum absolute atomic E-state index is 0.0978. The van der Waals surface area contributed by atoms with Crippen molar-refractivity contribution in [3.8, 4) is 5.75 Å². The highest BCUT2D eigenvalue weighted by Crippen LogP contribution is 2.35. The maximum Gasteiger partial charge on any atom is 0.416 e. The lowest BCUT2D eigenvalue weighted by atomic mass is 10.2. The van der Waals surface area contributed by atoms with Crippen molar-refractivity contribution in [1.29, 1.82) is 0 Å². The van der Waals surface area contributed by atoms with Gasteiger partial charge >= 0.3 is 12.2 Å². The van der Waals surface area contributed by atoms with Crippen molar-refractivity contribution >= 4 is 17.6 Å². The number of nitrogens with one attached hydrogen (secondary N) is 2. The quantitative estimate of drug-likeness (QED) is 0.804. The highest BCUT2D eigenvalue weighted by atomic mass is 19.4. The van der Waals surface area contributed by atoms with Crippen LogP contribution in [0, 0.1) is 0 Å². The summed E-state index contributed by atoms with van der Waals surface area (Å²) in [5.41, 5.74) is -0.996. The van der Waals surface area contributed by atoms with E-state index in [4.69, 9.17) is 4.74 Å². The lowest BCUT2D eigenvalue weighted by Gasteiger charge is -2.17. The third-order valence-corrected chi connectivity index (χ3v) is 3.88. The third-order valence-electron chi connectivity index (χ3n) is 3.88. The first-order valence-corrected chi connectivity index (χ1v) is 8.48. The van der Waals surface area contributed by atoms with Gasteiger partial charge in [-0.3, -0.25) is 4.79 Å². The number of amides is 3. The molecular weight excluding hydrogens is 351 g/mol. The van der Waals surface area contributed by atoms with Crippen molar-refractivity contribution in [2.24, 2.45) is 0 Å². The van der Waals surface area contributed by atoms with Gasteiger partial charge in [-0.2, -0.15) is 13.2 Å². The minimum Gasteiger partial charge on any atom is -0.491 e. The molecule has 0 spiro atoms. The Balaban J connectivity index is 2.02. The highest BCUT2D eigenvalue weighted by molar-refractivity contribution is 5.93. The summed E-state index contributed by atoms with van der Waals surface area (Å²) in [5, 5.41) is 4.70. The minimum atomic E-state index is -4.54. The fourth-order valence-corrected chi connectivity index (χ4v) is 2.54. The average molecular weight is 373 g/mol. The molecule has 3 amide bonds. The van der Waals surface area contributed by atoms with Crippen molar-refractivity contribution in [3.63, 3.8) is 0 Å². The SMILES string of the molecule is CCCOc1ccc(C(F)(F)F)cc1NC(=O)NCC(=O)N1CCCC1. The molecule has 1 aliphatic rings. The van der Waals surface area contributed by atoms with E-state index in [2.05, 4.69) is 10.6 Å². The van der Waals surface area contributed by atoms with Gasteiger partial charge in [-0.25, -0.2) is 4.79 Å². The first-order chi connectivity index (χ1) is 12.3. The first-order valence-electron chi connectivity index (χ1n) is 8.48.